The summed E-state index contributed by atoms with van der Waals surface area (Å²) in [7, 11) is 1.65. The van der Waals surface area contributed by atoms with E-state index in [1.807, 2.05) is 49.4 Å². The average molecular weight is 351 g/mol. The number of fused-ring (bicyclic) bond motifs is 1. The number of methoxy groups -OCH3 is 1. The van der Waals surface area contributed by atoms with Crippen LogP contribution in [-0.2, 0) is 6.54 Å². The van der Waals surface area contributed by atoms with Crippen LogP contribution in [0.5, 0.6) is 5.75 Å². The number of anilines is 2. The van der Waals surface area contributed by atoms with Crippen LogP contribution in [0.25, 0.3) is 11.0 Å². The number of para-hydroxylation sites is 4. The van der Waals surface area contributed by atoms with Crippen LogP contribution in [0.4, 0.5) is 10.8 Å². The van der Waals surface area contributed by atoms with Crippen molar-refractivity contribution in [1.82, 2.24) is 19.7 Å². The minimum Gasteiger partial charge on any atom is -0.495 e. The highest BCUT2D eigenvalue weighted by Gasteiger charge is 2.11. The van der Waals surface area contributed by atoms with Gasteiger partial charge in [0.15, 0.2) is 0 Å². The van der Waals surface area contributed by atoms with Crippen molar-refractivity contribution in [2.24, 2.45) is 0 Å². The smallest absolute Gasteiger partial charge is 0.210 e. The number of aryl methyl sites for hydroxylation is 1. The maximum atomic E-state index is 5.36. The quantitative estimate of drug-likeness (QED) is 0.589. The van der Waals surface area contributed by atoms with Crippen LogP contribution < -0.4 is 10.1 Å². The van der Waals surface area contributed by atoms with Gasteiger partial charge in [0.25, 0.3) is 0 Å². The molecule has 0 atom stereocenters. The highest BCUT2D eigenvalue weighted by Crippen LogP contribution is 2.29. The lowest BCUT2D eigenvalue weighted by Crippen LogP contribution is -2.01. The van der Waals surface area contributed by atoms with E-state index in [-0.39, 0.29) is 0 Å². The Hall–Kier alpha value is -2.93. The number of hydrogen-bond donors (Lipinski definition) is 1. The predicted molar refractivity (Wildman–Crippen MR) is 99.8 cm³/mol. The molecule has 0 aliphatic rings. The Labute approximate surface area is 149 Å². The zero-order chi connectivity index (χ0) is 17.2. The molecule has 1 N–H and O–H groups in total. The van der Waals surface area contributed by atoms with Crippen LogP contribution in [0, 0.1) is 6.92 Å². The van der Waals surface area contributed by atoms with Gasteiger partial charge in [0.1, 0.15) is 16.6 Å². The van der Waals surface area contributed by atoms with Crippen molar-refractivity contribution < 1.29 is 4.74 Å². The Balaban J connectivity index is 1.58. The van der Waals surface area contributed by atoms with Crippen molar-refractivity contribution >= 4 is 33.2 Å². The summed E-state index contributed by atoms with van der Waals surface area (Å²) in [5, 5.41) is 13.5. The van der Waals surface area contributed by atoms with E-state index in [4.69, 9.17) is 4.74 Å². The highest BCUT2D eigenvalue weighted by molar-refractivity contribution is 7.15. The maximum absolute atomic E-state index is 5.36. The molecule has 0 fully saturated rings. The van der Waals surface area contributed by atoms with Gasteiger partial charge < -0.3 is 14.6 Å². The molecule has 2 aromatic carbocycles. The van der Waals surface area contributed by atoms with Crippen LogP contribution in [0.3, 0.4) is 0 Å². The van der Waals surface area contributed by atoms with Crippen molar-refractivity contribution in [3.8, 4) is 5.75 Å². The first-order valence-corrected chi connectivity index (χ1v) is 8.70. The lowest BCUT2D eigenvalue weighted by Gasteiger charge is -2.07. The fourth-order valence-corrected chi connectivity index (χ4v) is 3.50. The van der Waals surface area contributed by atoms with Gasteiger partial charge in [0, 0.05) is 0 Å². The van der Waals surface area contributed by atoms with Gasteiger partial charge in [-0.2, -0.15) is 0 Å². The van der Waals surface area contributed by atoms with Crippen molar-refractivity contribution in [3.63, 3.8) is 0 Å². The van der Waals surface area contributed by atoms with E-state index in [1.54, 1.807) is 7.11 Å². The predicted octanol–water partition coefficient (Wildman–Crippen LogP) is 4.00. The Morgan fingerprint density at radius 2 is 1.88 bits per heavy atom. The number of imidazole rings is 1. The first-order chi connectivity index (χ1) is 12.2. The summed E-state index contributed by atoms with van der Waals surface area (Å²) >= 11 is 1.52. The molecule has 0 aliphatic carbocycles. The van der Waals surface area contributed by atoms with E-state index in [0.717, 1.165) is 38.4 Å². The van der Waals surface area contributed by atoms with Crippen LogP contribution in [-0.4, -0.2) is 26.9 Å². The van der Waals surface area contributed by atoms with Crippen molar-refractivity contribution in [3.05, 3.63) is 59.4 Å². The fourth-order valence-electron chi connectivity index (χ4n) is 2.76. The van der Waals surface area contributed by atoms with Crippen molar-refractivity contribution in [2.75, 3.05) is 12.4 Å². The standard InChI is InChI=1S/C18H17N5OS/c1-12-19-13-7-3-5-9-15(13)23(12)11-17-21-22-18(25-17)20-14-8-4-6-10-16(14)24-2/h3-10H,11H2,1-2H3,(H,20,22). The van der Waals surface area contributed by atoms with Gasteiger partial charge in [0.05, 0.1) is 30.4 Å². The van der Waals surface area contributed by atoms with Gasteiger partial charge in [0.2, 0.25) is 5.13 Å². The molecule has 0 spiro atoms. The number of ether oxygens (including phenoxy) is 1. The molecule has 4 rings (SSSR count). The lowest BCUT2D eigenvalue weighted by molar-refractivity contribution is 0.417. The Morgan fingerprint density at radius 3 is 2.76 bits per heavy atom. The lowest BCUT2D eigenvalue weighted by atomic mass is 10.3. The number of benzene rings is 2. The maximum Gasteiger partial charge on any atom is 0.210 e. The normalized spacial score (nSPS) is 11.0. The summed E-state index contributed by atoms with van der Waals surface area (Å²) < 4.78 is 7.51. The van der Waals surface area contributed by atoms with E-state index in [1.165, 1.54) is 11.3 Å². The van der Waals surface area contributed by atoms with E-state index >= 15 is 0 Å². The van der Waals surface area contributed by atoms with Gasteiger partial charge >= 0.3 is 0 Å². The highest BCUT2D eigenvalue weighted by atomic mass is 32.1. The third-order valence-corrected chi connectivity index (χ3v) is 4.78. The minimum absolute atomic E-state index is 0.650. The molecule has 4 aromatic rings. The van der Waals surface area contributed by atoms with E-state index in [0.29, 0.717) is 6.54 Å². The SMILES string of the molecule is COc1ccccc1Nc1nnc(Cn2c(C)nc3ccccc32)s1. The molecule has 7 heteroatoms. The summed E-state index contributed by atoms with van der Waals surface area (Å²) in [4.78, 5) is 4.59. The van der Waals surface area contributed by atoms with Crippen LogP contribution in [0.1, 0.15) is 10.8 Å². The van der Waals surface area contributed by atoms with E-state index < -0.39 is 0 Å². The minimum atomic E-state index is 0.650. The molecular formula is C18H17N5OS. The fraction of sp³-hybridized carbons (Fsp3) is 0.167. The Morgan fingerprint density at radius 1 is 1.08 bits per heavy atom. The number of aromatic nitrogens is 4. The molecular weight excluding hydrogens is 334 g/mol. The third kappa shape index (κ3) is 3.06. The number of nitrogens with zero attached hydrogens (tertiary/aromatic N) is 4. The summed E-state index contributed by atoms with van der Waals surface area (Å²) in [6, 6.07) is 15.9. The average Bonchev–Trinajstić information content (AvgIpc) is 3.20. The molecule has 0 saturated carbocycles. The Bertz CT molecular complexity index is 1020. The summed E-state index contributed by atoms with van der Waals surface area (Å²) in [6.45, 7) is 2.66. The van der Waals surface area contributed by atoms with Crippen molar-refractivity contribution in [2.45, 2.75) is 13.5 Å². The van der Waals surface area contributed by atoms with Crippen LogP contribution in [0.15, 0.2) is 48.5 Å². The molecule has 0 radical (unpaired) electrons. The Kier molecular flexibility index (Phi) is 4.07. The van der Waals surface area contributed by atoms with Gasteiger partial charge in [-0.3, -0.25) is 0 Å². The molecule has 126 valence electrons. The van der Waals surface area contributed by atoms with Gasteiger partial charge in [-0.05, 0) is 31.2 Å². The summed E-state index contributed by atoms with van der Waals surface area (Å²) in [5.41, 5.74) is 2.98. The topological polar surface area (TPSA) is 64.9 Å². The molecule has 0 amide bonds. The van der Waals surface area contributed by atoms with Crippen LogP contribution in [0.2, 0.25) is 0 Å². The zero-order valence-electron chi connectivity index (χ0n) is 13.9. The van der Waals surface area contributed by atoms with Crippen molar-refractivity contribution in [1.29, 1.82) is 0 Å². The van der Waals surface area contributed by atoms with Gasteiger partial charge in [-0.25, -0.2) is 4.98 Å². The van der Waals surface area contributed by atoms with Gasteiger partial charge in [-0.1, -0.05) is 35.6 Å². The monoisotopic (exact) mass is 351 g/mol. The zero-order valence-corrected chi connectivity index (χ0v) is 14.7. The third-order valence-electron chi connectivity index (χ3n) is 3.95. The second kappa shape index (κ2) is 6.52. The van der Waals surface area contributed by atoms with Gasteiger partial charge in [-0.15, -0.1) is 10.2 Å². The van der Waals surface area contributed by atoms with E-state index in [2.05, 4.69) is 31.1 Å². The summed E-state index contributed by atoms with van der Waals surface area (Å²) in [6.07, 6.45) is 0. The number of hydrogen-bond acceptors (Lipinski definition) is 6. The first-order valence-electron chi connectivity index (χ1n) is 7.89. The van der Waals surface area contributed by atoms with Crippen LogP contribution >= 0.6 is 11.3 Å². The number of nitrogens with one attached hydrogen (secondary N) is 1. The molecule has 2 heterocycles. The first kappa shape index (κ1) is 15.6. The molecule has 0 unspecified atom stereocenters. The number of rotatable bonds is 5. The molecule has 6 nitrogen and oxygen atoms in total. The second-order valence-electron chi connectivity index (χ2n) is 5.56. The molecule has 2 aromatic heterocycles. The molecule has 0 aliphatic heterocycles. The van der Waals surface area contributed by atoms with E-state index in [9.17, 15) is 0 Å². The summed E-state index contributed by atoms with van der Waals surface area (Å²) in [5.74, 6) is 1.74. The molecule has 25 heavy (non-hydrogen) atoms. The molecule has 0 bridgehead atoms. The second-order valence-corrected chi connectivity index (χ2v) is 6.62. The molecule has 0 saturated heterocycles. The largest absolute Gasteiger partial charge is 0.495 e.